The van der Waals surface area contributed by atoms with Crippen molar-refractivity contribution in [2.45, 2.75) is 39.3 Å². The number of hydrogen-bond acceptors (Lipinski definition) is 4. The van der Waals surface area contributed by atoms with Gasteiger partial charge in [-0.25, -0.2) is 0 Å². The number of ether oxygens (including phenoxy) is 2. The first kappa shape index (κ1) is 16.8. The molecule has 0 aromatic heterocycles. The summed E-state index contributed by atoms with van der Waals surface area (Å²) < 4.78 is 10.1. The highest BCUT2D eigenvalue weighted by atomic mass is 35.5. The summed E-state index contributed by atoms with van der Waals surface area (Å²) in [5.74, 6) is 0.416. The largest absolute Gasteiger partial charge is 0.492 e. The highest BCUT2D eigenvalue weighted by Crippen LogP contribution is 2.25. The van der Waals surface area contributed by atoms with Crippen molar-refractivity contribution in [3.8, 4) is 5.75 Å². The molecule has 0 heterocycles. The highest BCUT2D eigenvalue weighted by Gasteiger charge is 2.05. The van der Waals surface area contributed by atoms with Crippen LogP contribution in [0, 0.1) is 0 Å². The Bertz CT molecular complexity index is 435. The van der Waals surface area contributed by atoms with Gasteiger partial charge in [0.15, 0.2) is 0 Å². The summed E-state index contributed by atoms with van der Waals surface area (Å²) in [5, 5.41) is 3.92. The van der Waals surface area contributed by atoms with Gasteiger partial charge in [0.2, 0.25) is 0 Å². The molecule has 0 saturated heterocycles. The van der Waals surface area contributed by atoms with Gasteiger partial charge in [-0.05, 0) is 24.1 Å². The standard InChI is InChI=1S/C15H22ClNO3/c1-11(2)17-10-12-6-7-14(13(16)9-12)20-8-4-5-15(18)19-3/h6-7,9,11,17H,4-5,8,10H2,1-3H3. The molecule has 1 rings (SSSR count). The molecular formula is C15H22ClNO3. The van der Waals surface area contributed by atoms with Gasteiger partial charge in [-0.3, -0.25) is 4.79 Å². The molecule has 1 N–H and O–H groups in total. The molecule has 0 aliphatic heterocycles. The van der Waals surface area contributed by atoms with Crippen molar-refractivity contribution in [3.05, 3.63) is 28.8 Å². The van der Waals surface area contributed by atoms with Gasteiger partial charge >= 0.3 is 5.97 Å². The Labute approximate surface area is 125 Å². The number of rotatable bonds is 8. The van der Waals surface area contributed by atoms with Crippen LogP contribution >= 0.6 is 11.6 Å². The quantitative estimate of drug-likeness (QED) is 0.592. The smallest absolute Gasteiger partial charge is 0.305 e. The SMILES string of the molecule is COC(=O)CCCOc1ccc(CNC(C)C)cc1Cl. The summed E-state index contributed by atoms with van der Waals surface area (Å²) in [7, 11) is 1.38. The zero-order valence-electron chi connectivity index (χ0n) is 12.2. The lowest BCUT2D eigenvalue weighted by atomic mass is 10.2. The van der Waals surface area contributed by atoms with Crippen molar-refractivity contribution in [2.75, 3.05) is 13.7 Å². The van der Waals surface area contributed by atoms with E-state index in [0.29, 0.717) is 36.3 Å². The Morgan fingerprint density at radius 2 is 2.15 bits per heavy atom. The number of carbonyl (C=O) groups excluding carboxylic acids is 1. The van der Waals surface area contributed by atoms with Gasteiger partial charge in [-0.15, -0.1) is 0 Å². The van der Waals surface area contributed by atoms with E-state index in [1.165, 1.54) is 7.11 Å². The first-order valence-corrected chi connectivity index (χ1v) is 7.12. The molecule has 0 saturated carbocycles. The molecule has 20 heavy (non-hydrogen) atoms. The normalized spacial score (nSPS) is 10.7. The van der Waals surface area contributed by atoms with E-state index in [1.54, 1.807) is 0 Å². The van der Waals surface area contributed by atoms with Crippen LogP contribution in [0.1, 0.15) is 32.3 Å². The van der Waals surface area contributed by atoms with Crippen LogP contribution in [0.3, 0.4) is 0 Å². The lowest BCUT2D eigenvalue weighted by Gasteiger charge is -2.11. The third kappa shape index (κ3) is 6.26. The average molecular weight is 300 g/mol. The van der Waals surface area contributed by atoms with Crippen LogP contribution in [0.15, 0.2) is 18.2 Å². The van der Waals surface area contributed by atoms with Gasteiger partial charge in [0.1, 0.15) is 5.75 Å². The molecule has 5 heteroatoms. The van der Waals surface area contributed by atoms with E-state index in [1.807, 2.05) is 18.2 Å². The molecule has 1 aromatic rings. The van der Waals surface area contributed by atoms with Crippen molar-refractivity contribution >= 4 is 17.6 Å². The Balaban J connectivity index is 2.41. The molecule has 4 nitrogen and oxygen atoms in total. The summed E-state index contributed by atoms with van der Waals surface area (Å²) >= 11 is 6.17. The van der Waals surface area contributed by atoms with Gasteiger partial charge in [0, 0.05) is 19.0 Å². The summed E-state index contributed by atoms with van der Waals surface area (Å²) in [4.78, 5) is 11.0. The van der Waals surface area contributed by atoms with Crippen LogP contribution in [0.2, 0.25) is 5.02 Å². The van der Waals surface area contributed by atoms with E-state index in [9.17, 15) is 4.79 Å². The van der Waals surface area contributed by atoms with Gasteiger partial charge in [-0.2, -0.15) is 0 Å². The maximum atomic E-state index is 11.0. The average Bonchev–Trinajstić information content (AvgIpc) is 2.42. The zero-order chi connectivity index (χ0) is 15.0. The molecule has 0 aliphatic carbocycles. The second-order valence-corrected chi connectivity index (χ2v) is 5.24. The number of halogens is 1. The first-order valence-electron chi connectivity index (χ1n) is 6.74. The molecule has 112 valence electrons. The zero-order valence-corrected chi connectivity index (χ0v) is 13.0. The minimum Gasteiger partial charge on any atom is -0.492 e. The van der Waals surface area contributed by atoms with Crippen LogP contribution in [0.5, 0.6) is 5.75 Å². The summed E-state index contributed by atoms with van der Waals surface area (Å²) in [6.45, 7) is 5.42. The minimum atomic E-state index is -0.227. The first-order chi connectivity index (χ1) is 9.52. The van der Waals surface area contributed by atoms with Gasteiger partial charge < -0.3 is 14.8 Å². The van der Waals surface area contributed by atoms with E-state index < -0.39 is 0 Å². The maximum absolute atomic E-state index is 11.0. The number of hydrogen-bond donors (Lipinski definition) is 1. The van der Waals surface area contributed by atoms with Crippen molar-refractivity contribution in [1.29, 1.82) is 0 Å². The Morgan fingerprint density at radius 1 is 1.40 bits per heavy atom. The molecule has 0 aliphatic rings. The monoisotopic (exact) mass is 299 g/mol. The lowest BCUT2D eigenvalue weighted by molar-refractivity contribution is -0.140. The van der Waals surface area contributed by atoms with Crippen molar-refractivity contribution in [2.24, 2.45) is 0 Å². The molecular weight excluding hydrogens is 278 g/mol. The van der Waals surface area contributed by atoms with E-state index in [0.717, 1.165) is 12.1 Å². The van der Waals surface area contributed by atoms with Crippen LogP contribution < -0.4 is 10.1 Å². The molecule has 0 atom stereocenters. The highest BCUT2D eigenvalue weighted by molar-refractivity contribution is 6.32. The summed E-state index contributed by atoms with van der Waals surface area (Å²) in [6, 6.07) is 6.17. The van der Waals surface area contributed by atoms with E-state index >= 15 is 0 Å². The fourth-order valence-corrected chi connectivity index (χ4v) is 1.85. The van der Waals surface area contributed by atoms with Crippen LogP contribution in [-0.2, 0) is 16.1 Å². The fraction of sp³-hybridized carbons (Fsp3) is 0.533. The van der Waals surface area contributed by atoms with Crippen LogP contribution in [0.25, 0.3) is 0 Å². The molecule has 1 aromatic carbocycles. The second kappa shape index (κ2) is 8.82. The van der Waals surface area contributed by atoms with Crippen LogP contribution in [0.4, 0.5) is 0 Å². The summed E-state index contributed by atoms with van der Waals surface area (Å²) in [6.07, 6.45) is 0.962. The Morgan fingerprint density at radius 3 is 2.75 bits per heavy atom. The van der Waals surface area contributed by atoms with Gasteiger partial charge in [0.25, 0.3) is 0 Å². The Hall–Kier alpha value is -1.26. The van der Waals surface area contributed by atoms with E-state index in [-0.39, 0.29) is 5.97 Å². The van der Waals surface area contributed by atoms with Gasteiger partial charge in [-0.1, -0.05) is 31.5 Å². The van der Waals surface area contributed by atoms with Crippen molar-refractivity contribution in [1.82, 2.24) is 5.32 Å². The molecule has 0 fully saturated rings. The van der Waals surface area contributed by atoms with Crippen LogP contribution in [-0.4, -0.2) is 25.7 Å². The van der Waals surface area contributed by atoms with Crippen molar-refractivity contribution < 1.29 is 14.3 Å². The minimum absolute atomic E-state index is 0.227. The number of esters is 1. The number of methoxy groups -OCH3 is 1. The number of nitrogens with one attached hydrogen (secondary N) is 1. The fourth-order valence-electron chi connectivity index (χ4n) is 1.59. The third-order valence-electron chi connectivity index (χ3n) is 2.72. The number of carbonyl (C=O) groups is 1. The van der Waals surface area contributed by atoms with E-state index in [4.69, 9.17) is 16.3 Å². The lowest BCUT2D eigenvalue weighted by Crippen LogP contribution is -2.21. The summed E-state index contributed by atoms with van der Waals surface area (Å²) in [5.41, 5.74) is 1.12. The predicted molar refractivity (Wildman–Crippen MR) is 80.2 cm³/mol. The van der Waals surface area contributed by atoms with E-state index in [2.05, 4.69) is 23.9 Å². The number of benzene rings is 1. The molecule has 0 bridgehead atoms. The maximum Gasteiger partial charge on any atom is 0.305 e. The topological polar surface area (TPSA) is 47.6 Å². The third-order valence-corrected chi connectivity index (χ3v) is 3.02. The molecule has 0 unspecified atom stereocenters. The van der Waals surface area contributed by atoms with Crippen molar-refractivity contribution in [3.63, 3.8) is 0 Å². The van der Waals surface area contributed by atoms with Gasteiger partial charge in [0.05, 0.1) is 18.7 Å². The predicted octanol–water partition coefficient (Wildman–Crippen LogP) is 3.17. The molecule has 0 spiro atoms. The Kier molecular flexibility index (Phi) is 7.41. The molecule has 0 amide bonds. The molecule has 0 radical (unpaired) electrons. The second-order valence-electron chi connectivity index (χ2n) is 4.83.